The summed E-state index contributed by atoms with van der Waals surface area (Å²) in [5, 5.41) is 3.95. The predicted octanol–water partition coefficient (Wildman–Crippen LogP) is 5.23. The molecule has 3 aromatic rings. The van der Waals surface area contributed by atoms with E-state index in [4.69, 9.17) is 4.84 Å². The SMILES string of the molecule is C/C(=N/Oc1cccc(C(F)(F)F)n1)c1cnc(C)nc1C1CCN(C(=O)Cc2c(F)cccc2F)CC1. The number of halogens is 5. The maximum absolute atomic E-state index is 14.0. The molecule has 0 saturated carbocycles. The zero-order valence-corrected chi connectivity index (χ0v) is 20.6. The quantitative estimate of drug-likeness (QED) is 0.246. The lowest BCUT2D eigenvalue weighted by Crippen LogP contribution is -2.39. The van der Waals surface area contributed by atoms with Gasteiger partial charge in [-0.15, -0.1) is 0 Å². The third-order valence-corrected chi connectivity index (χ3v) is 6.24. The van der Waals surface area contributed by atoms with Crippen LogP contribution in [0.3, 0.4) is 0 Å². The van der Waals surface area contributed by atoms with Crippen molar-refractivity contribution in [2.45, 2.75) is 45.2 Å². The maximum atomic E-state index is 14.0. The van der Waals surface area contributed by atoms with Gasteiger partial charge in [-0.2, -0.15) is 13.2 Å². The lowest BCUT2D eigenvalue weighted by Gasteiger charge is -2.32. The van der Waals surface area contributed by atoms with Gasteiger partial charge in [0.05, 0.1) is 17.8 Å². The van der Waals surface area contributed by atoms with Crippen molar-refractivity contribution in [1.29, 1.82) is 0 Å². The van der Waals surface area contributed by atoms with E-state index in [1.165, 1.54) is 18.2 Å². The van der Waals surface area contributed by atoms with E-state index in [1.807, 2.05) is 0 Å². The van der Waals surface area contributed by atoms with Gasteiger partial charge in [-0.25, -0.2) is 23.7 Å². The molecule has 0 aliphatic carbocycles. The number of pyridine rings is 1. The summed E-state index contributed by atoms with van der Waals surface area (Å²) >= 11 is 0. The first-order valence-electron chi connectivity index (χ1n) is 11.8. The Morgan fingerprint density at radius 1 is 1.08 bits per heavy atom. The third-order valence-electron chi connectivity index (χ3n) is 6.24. The van der Waals surface area contributed by atoms with Crippen LogP contribution in [0.5, 0.6) is 5.88 Å². The van der Waals surface area contributed by atoms with Gasteiger partial charge in [-0.3, -0.25) is 4.79 Å². The van der Waals surface area contributed by atoms with E-state index in [0.717, 1.165) is 18.2 Å². The van der Waals surface area contributed by atoms with Crippen LogP contribution in [0.1, 0.15) is 54.0 Å². The van der Waals surface area contributed by atoms with Gasteiger partial charge in [0.15, 0.2) is 0 Å². The minimum atomic E-state index is -4.62. The molecule has 7 nitrogen and oxygen atoms in total. The Morgan fingerprint density at radius 3 is 2.39 bits per heavy atom. The molecule has 1 aromatic carbocycles. The Bertz CT molecular complexity index is 1330. The largest absolute Gasteiger partial charge is 0.433 e. The lowest BCUT2D eigenvalue weighted by atomic mass is 9.89. The van der Waals surface area contributed by atoms with Gasteiger partial charge in [-0.1, -0.05) is 17.3 Å². The number of hydrogen-bond donors (Lipinski definition) is 0. The number of amides is 1. The fourth-order valence-corrected chi connectivity index (χ4v) is 4.23. The van der Waals surface area contributed by atoms with E-state index in [0.29, 0.717) is 48.7 Å². The van der Waals surface area contributed by atoms with Crippen molar-refractivity contribution < 1.29 is 31.6 Å². The minimum Gasteiger partial charge on any atom is -0.342 e. The first-order valence-corrected chi connectivity index (χ1v) is 11.8. The van der Waals surface area contributed by atoms with Crippen LogP contribution in [-0.4, -0.2) is 44.6 Å². The van der Waals surface area contributed by atoms with Crippen LogP contribution in [0.25, 0.3) is 0 Å². The smallest absolute Gasteiger partial charge is 0.342 e. The standard InChI is InChI=1S/C26H24F5N5O2/c1-15(35-38-23-8-4-7-22(34-23)26(29,30)31)19-14-32-16(2)33-25(19)17-9-11-36(12-10-17)24(37)13-18-20(27)5-3-6-21(18)28/h3-8,14,17H,9-13H2,1-2H3/b35-15-. The molecule has 0 spiro atoms. The summed E-state index contributed by atoms with van der Waals surface area (Å²) < 4.78 is 66.7. The van der Waals surface area contributed by atoms with E-state index in [2.05, 4.69) is 20.1 Å². The van der Waals surface area contributed by atoms with Gasteiger partial charge in [0.2, 0.25) is 11.8 Å². The molecule has 1 saturated heterocycles. The highest BCUT2D eigenvalue weighted by atomic mass is 19.4. The molecule has 0 atom stereocenters. The zero-order chi connectivity index (χ0) is 27.4. The van der Waals surface area contributed by atoms with Crippen molar-refractivity contribution in [3.05, 3.63) is 82.6 Å². The van der Waals surface area contributed by atoms with Crippen LogP contribution >= 0.6 is 0 Å². The fourth-order valence-electron chi connectivity index (χ4n) is 4.23. The van der Waals surface area contributed by atoms with Gasteiger partial charge in [0, 0.05) is 42.4 Å². The normalized spacial score (nSPS) is 15.0. The highest BCUT2D eigenvalue weighted by molar-refractivity contribution is 5.99. The summed E-state index contributed by atoms with van der Waals surface area (Å²) in [6, 6.07) is 6.75. The number of hydrogen-bond acceptors (Lipinski definition) is 6. The number of carbonyl (C=O) groups excluding carboxylic acids is 1. The van der Waals surface area contributed by atoms with Crippen molar-refractivity contribution in [3.8, 4) is 5.88 Å². The Kier molecular flexibility index (Phi) is 7.98. The first kappa shape index (κ1) is 27.1. The Hall–Kier alpha value is -3.96. The average molecular weight is 534 g/mol. The molecule has 200 valence electrons. The van der Waals surface area contributed by atoms with Crippen molar-refractivity contribution in [3.63, 3.8) is 0 Å². The fraction of sp³-hybridized carbons (Fsp3) is 0.346. The van der Waals surface area contributed by atoms with Crippen LogP contribution in [0.2, 0.25) is 0 Å². The molecule has 0 bridgehead atoms. The van der Waals surface area contributed by atoms with Crippen LogP contribution in [-0.2, 0) is 17.4 Å². The molecule has 12 heteroatoms. The Balaban J connectivity index is 1.46. The van der Waals surface area contributed by atoms with Crippen LogP contribution in [0.15, 0.2) is 47.8 Å². The number of carbonyl (C=O) groups is 1. The average Bonchev–Trinajstić information content (AvgIpc) is 2.89. The molecule has 1 fully saturated rings. The van der Waals surface area contributed by atoms with Crippen LogP contribution in [0.4, 0.5) is 22.0 Å². The van der Waals surface area contributed by atoms with E-state index >= 15 is 0 Å². The van der Waals surface area contributed by atoms with Gasteiger partial charge < -0.3 is 9.74 Å². The van der Waals surface area contributed by atoms with Crippen molar-refractivity contribution >= 4 is 11.6 Å². The summed E-state index contributed by atoms with van der Waals surface area (Å²) in [5.74, 6) is -1.75. The molecule has 0 N–H and O–H groups in total. The molecule has 4 rings (SSSR count). The van der Waals surface area contributed by atoms with Crippen molar-refractivity contribution in [2.75, 3.05) is 13.1 Å². The van der Waals surface area contributed by atoms with Crippen molar-refractivity contribution in [2.24, 2.45) is 5.16 Å². The first-order chi connectivity index (χ1) is 18.0. The third kappa shape index (κ3) is 6.29. The number of alkyl halides is 3. The summed E-state index contributed by atoms with van der Waals surface area (Å²) in [7, 11) is 0. The number of benzene rings is 1. The molecule has 1 aliphatic heterocycles. The summed E-state index contributed by atoms with van der Waals surface area (Å²) in [4.78, 5) is 31.6. The highest BCUT2D eigenvalue weighted by Crippen LogP contribution is 2.31. The molecule has 2 aromatic heterocycles. The molecule has 0 radical (unpaired) electrons. The zero-order valence-electron chi connectivity index (χ0n) is 20.6. The maximum Gasteiger partial charge on any atom is 0.433 e. The molecule has 0 unspecified atom stereocenters. The number of oxime groups is 1. The molecule has 38 heavy (non-hydrogen) atoms. The van der Waals surface area contributed by atoms with Crippen LogP contribution < -0.4 is 4.84 Å². The molecular formula is C26H24F5N5O2. The molecule has 3 heterocycles. The van der Waals surface area contributed by atoms with Gasteiger partial charge in [-0.05, 0) is 44.9 Å². The van der Waals surface area contributed by atoms with Gasteiger partial charge in [0.1, 0.15) is 23.2 Å². The summed E-state index contributed by atoms with van der Waals surface area (Å²) in [6.07, 6.45) is -2.34. The monoisotopic (exact) mass is 533 g/mol. The van der Waals surface area contributed by atoms with Gasteiger partial charge >= 0.3 is 6.18 Å². The number of aromatic nitrogens is 3. The predicted molar refractivity (Wildman–Crippen MR) is 127 cm³/mol. The number of rotatable bonds is 6. The summed E-state index contributed by atoms with van der Waals surface area (Å²) in [5.41, 5.74) is 0.219. The van der Waals surface area contributed by atoms with E-state index < -0.39 is 23.5 Å². The van der Waals surface area contributed by atoms with Crippen LogP contribution in [0, 0.1) is 18.6 Å². The second-order valence-electron chi connectivity index (χ2n) is 8.87. The second-order valence-corrected chi connectivity index (χ2v) is 8.87. The second kappa shape index (κ2) is 11.2. The number of aryl methyl sites for hydroxylation is 1. The van der Waals surface area contributed by atoms with Gasteiger partial charge in [0.25, 0.3) is 0 Å². The Labute approximate surface area is 215 Å². The van der Waals surface area contributed by atoms with E-state index in [1.54, 1.807) is 24.9 Å². The number of nitrogens with zero attached hydrogens (tertiary/aromatic N) is 5. The molecular weight excluding hydrogens is 509 g/mol. The molecule has 1 aliphatic rings. The summed E-state index contributed by atoms with van der Waals surface area (Å²) in [6.45, 7) is 4.07. The number of piperidine rings is 1. The van der Waals surface area contributed by atoms with Crippen molar-refractivity contribution in [1.82, 2.24) is 19.9 Å². The van der Waals surface area contributed by atoms with E-state index in [9.17, 15) is 26.7 Å². The Morgan fingerprint density at radius 2 is 1.74 bits per heavy atom. The topological polar surface area (TPSA) is 80.6 Å². The van der Waals surface area contributed by atoms with E-state index in [-0.39, 0.29) is 29.7 Å². The highest BCUT2D eigenvalue weighted by Gasteiger charge is 2.33. The lowest BCUT2D eigenvalue weighted by molar-refractivity contribution is -0.141. The molecule has 1 amide bonds. The number of likely N-dealkylation sites (tertiary alicyclic amines) is 1. The minimum absolute atomic E-state index is 0.0715.